The molecule has 0 aromatic heterocycles. The predicted molar refractivity (Wildman–Crippen MR) is 65.2 cm³/mol. The van der Waals surface area contributed by atoms with Gasteiger partial charge in [0, 0.05) is 0 Å². The van der Waals surface area contributed by atoms with Gasteiger partial charge in [0.15, 0.2) is 0 Å². The van der Waals surface area contributed by atoms with E-state index in [1.54, 1.807) is 12.2 Å². The molecular weight excluding hydrogens is 216 g/mol. The summed E-state index contributed by atoms with van der Waals surface area (Å²) in [4.78, 5) is 28.3. The van der Waals surface area contributed by atoms with E-state index in [4.69, 9.17) is 0 Å². The van der Waals surface area contributed by atoms with E-state index in [0.29, 0.717) is 12.5 Å². The number of nitrogens with zero attached hydrogens (tertiary/aromatic N) is 2. The summed E-state index contributed by atoms with van der Waals surface area (Å²) in [6, 6.07) is -0.00875. The zero-order valence-electron chi connectivity index (χ0n) is 11.0. The van der Waals surface area contributed by atoms with E-state index in [0.717, 1.165) is 12.8 Å². The maximum atomic E-state index is 10.4. The molecule has 0 amide bonds. The Bertz CT molecular complexity index is 379. The molecule has 0 aromatic rings. The van der Waals surface area contributed by atoms with Crippen molar-refractivity contribution in [2.45, 2.75) is 46.6 Å². The van der Waals surface area contributed by atoms with Gasteiger partial charge in [-0.15, -0.1) is 0 Å². The van der Waals surface area contributed by atoms with Crippen LogP contribution < -0.4 is 0 Å². The molecule has 17 heavy (non-hydrogen) atoms. The zero-order chi connectivity index (χ0) is 13.1. The van der Waals surface area contributed by atoms with Crippen LogP contribution in [0.15, 0.2) is 9.98 Å². The number of hydrogen-bond acceptors (Lipinski definition) is 4. The van der Waals surface area contributed by atoms with Crippen LogP contribution in [0.4, 0.5) is 0 Å². The van der Waals surface area contributed by atoms with Crippen LogP contribution in [0.1, 0.15) is 40.5 Å². The lowest BCUT2D eigenvalue weighted by atomic mass is 9.56. The van der Waals surface area contributed by atoms with E-state index >= 15 is 0 Å². The van der Waals surface area contributed by atoms with Crippen LogP contribution in [0, 0.1) is 16.7 Å². The molecule has 94 valence electrons. The number of hydrogen-bond donors (Lipinski definition) is 0. The molecule has 0 bridgehead atoms. The van der Waals surface area contributed by atoms with Gasteiger partial charge in [-0.3, -0.25) is 0 Å². The summed E-state index contributed by atoms with van der Waals surface area (Å²) in [5.74, 6) is 0.408. The summed E-state index contributed by atoms with van der Waals surface area (Å²) in [6.07, 6.45) is 4.91. The first-order chi connectivity index (χ1) is 7.85. The van der Waals surface area contributed by atoms with Crippen molar-refractivity contribution in [1.29, 1.82) is 0 Å². The van der Waals surface area contributed by atoms with Crippen molar-refractivity contribution >= 4 is 12.2 Å². The standard InChI is InChI=1S/C13H20N2O2/c1-10-12(2,3)5-11(15-9-17)6-13(10,4)7-14-8-16/h10-11H,5-7H2,1-4H3. The molecule has 1 aliphatic rings. The van der Waals surface area contributed by atoms with Crippen LogP contribution in [0.2, 0.25) is 0 Å². The first kappa shape index (κ1) is 13.8. The average Bonchev–Trinajstić information content (AvgIpc) is 2.23. The minimum Gasteiger partial charge on any atom is -0.211 e. The summed E-state index contributed by atoms with van der Waals surface area (Å²) in [5.41, 5.74) is -0.0272. The van der Waals surface area contributed by atoms with Gasteiger partial charge in [0.1, 0.15) is 0 Å². The van der Waals surface area contributed by atoms with Gasteiger partial charge in [-0.25, -0.2) is 19.6 Å². The monoisotopic (exact) mass is 236 g/mol. The van der Waals surface area contributed by atoms with Crippen LogP contribution >= 0.6 is 0 Å². The van der Waals surface area contributed by atoms with Gasteiger partial charge in [0.25, 0.3) is 0 Å². The largest absolute Gasteiger partial charge is 0.235 e. The fourth-order valence-electron chi connectivity index (χ4n) is 3.09. The van der Waals surface area contributed by atoms with Crippen molar-refractivity contribution in [3.8, 4) is 0 Å². The molecule has 0 radical (unpaired) electrons. The van der Waals surface area contributed by atoms with Gasteiger partial charge in [-0.2, -0.15) is 0 Å². The molecular formula is C13H20N2O2. The molecule has 1 rings (SSSR count). The Kier molecular flexibility index (Phi) is 4.03. The average molecular weight is 236 g/mol. The highest BCUT2D eigenvalue weighted by Crippen LogP contribution is 2.51. The van der Waals surface area contributed by atoms with E-state index in [2.05, 4.69) is 37.7 Å². The highest BCUT2D eigenvalue weighted by Gasteiger charge is 2.47. The number of aliphatic imine (C=N–C) groups is 2. The van der Waals surface area contributed by atoms with E-state index in [1.807, 2.05) is 0 Å². The molecule has 4 heteroatoms. The molecule has 3 atom stereocenters. The SMILES string of the molecule is CC1C(C)(C)CC(N=C=O)CC1(C)CN=C=O. The molecule has 1 fully saturated rings. The second kappa shape index (κ2) is 4.95. The molecule has 0 aliphatic heterocycles. The normalized spacial score (nSPS) is 35.5. The number of rotatable bonds is 3. The van der Waals surface area contributed by atoms with Crippen LogP contribution in [-0.2, 0) is 9.59 Å². The summed E-state index contributed by atoms with van der Waals surface area (Å²) < 4.78 is 0. The van der Waals surface area contributed by atoms with Crippen molar-refractivity contribution in [3.63, 3.8) is 0 Å². The highest BCUT2D eigenvalue weighted by molar-refractivity contribution is 5.34. The Hall–Kier alpha value is -1.24. The minimum absolute atomic E-state index is 0.00875. The fraction of sp³-hybridized carbons (Fsp3) is 0.846. The number of isocyanates is 2. The maximum Gasteiger partial charge on any atom is 0.235 e. The van der Waals surface area contributed by atoms with Crippen molar-refractivity contribution < 1.29 is 9.59 Å². The van der Waals surface area contributed by atoms with Gasteiger partial charge >= 0.3 is 0 Å². The Labute approximate surface area is 102 Å². The lowest BCUT2D eigenvalue weighted by Crippen LogP contribution is -2.46. The second-order valence-electron chi connectivity index (χ2n) is 6.05. The van der Waals surface area contributed by atoms with Gasteiger partial charge < -0.3 is 0 Å². The van der Waals surface area contributed by atoms with Crippen LogP contribution in [0.3, 0.4) is 0 Å². The van der Waals surface area contributed by atoms with Gasteiger partial charge in [-0.1, -0.05) is 27.7 Å². The van der Waals surface area contributed by atoms with E-state index in [1.165, 1.54) is 0 Å². The third-order valence-electron chi connectivity index (χ3n) is 4.42. The van der Waals surface area contributed by atoms with E-state index < -0.39 is 0 Å². The highest BCUT2D eigenvalue weighted by atomic mass is 16.1. The summed E-state index contributed by atoms with van der Waals surface area (Å²) in [6.45, 7) is 9.08. The summed E-state index contributed by atoms with van der Waals surface area (Å²) >= 11 is 0. The topological polar surface area (TPSA) is 58.9 Å². The Morgan fingerprint density at radius 2 is 1.82 bits per heavy atom. The first-order valence-electron chi connectivity index (χ1n) is 5.96. The Morgan fingerprint density at radius 1 is 1.18 bits per heavy atom. The smallest absolute Gasteiger partial charge is 0.211 e. The summed E-state index contributed by atoms with van der Waals surface area (Å²) in [5, 5.41) is 0. The van der Waals surface area contributed by atoms with Crippen LogP contribution in [-0.4, -0.2) is 24.7 Å². The molecule has 0 saturated heterocycles. The Balaban J connectivity index is 3.01. The molecule has 0 heterocycles. The van der Waals surface area contributed by atoms with Gasteiger partial charge in [-0.05, 0) is 29.6 Å². The molecule has 1 saturated carbocycles. The molecule has 3 unspecified atom stereocenters. The molecule has 0 N–H and O–H groups in total. The van der Waals surface area contributed by atoms with Crippen molar-refractivity contribution in [2.75, 3.05) is 6.54 Å². The van der Waals surface area contributed by atoms with E-state index in [9.17, 15) is 9.59 Å². The lowest BCUT2D eigenvalue weighted by molar-refractivity contribution is 0.0106. The minimum atomic E-state index is -0.107. The van der Waals surface area contributed by atoms with Crippen LogP contribution in [0.25, 0.3) is 0 Å². The molecule has 4 nitrogen and oxygen atoms in total. The fourth-order valence-corrected chi connectivity index (χ4v) is 3.09. The van der Waals surface area contributed by atoms with Crippen molar-refractivity contribution in [1.82, 2.24) is 0 Å². The quantitative estimate of drug-likeness (QED) is 0.558. The maximum absolute atomic E-state index is 10.4. The predicted octanol–water partition coefficient (Wildman–Crippen LogP) is 2.49. The third kappa shape index (κ3) is 2.91. The molecule has 1 aliphatic carbocycles. The third-order valence-corrected chi connectivity index (χ3v) is 4.42. The van der Waals surface area contributed by atoms with Gasteiger partial charge in [0.05, 0.1) is 12.6 Å². The van der Waals surface area contributed by atoms with Crippen molar-refractivity contribution in [3.05, 3.63) is 0 Å². The Morgan fingerprint density at radius 3 is 2.35 bits per heavy atom. The van der Waals surface area contributed by atoms with Gasteiger partial charge in [0.2, 0.25) is 12.2 Å². The number of carbonyl (C=O) groups excluding carboxylic acids is 2. The summed E-state index contributed by atoms with van der Waals surface area (Å²) in [7, 11) is 0. The lowest BCUT2D eigenvalue weighted by Gasteiger charge is -2.50. The first-order valence-corrected chi connectivity index (χ1v) is 5.96. The van der Waals surface area contributed by atoms with E-state index in [-0.39, 0.29) is 16.9 Å². The van der Waals surface area contributed by atoms with Crippen LogP contribution in [0.5, 0.6) is 0 Å². The second-order valence-corrected chi connectivity index (χ2v) is 6.05. The molecule has 0 spiro atoms. The molecule has 0 aromatic carbocycles. The zero-order valence-corrected chi connectivity index (χ0v) is 11.0. The van der Waals surface area contributed by atoms with Crippen molar-refractivity contribution in [2.24, 2.45) is 26.7 Å².